The molecule has 1 aliphatic carbocycles. The van der Waals surface area contributed by atoms with Gasteiger partial charge in [-0.3, -0.25) is 9.59 Å². The van der Waals surface area contributed by atoms with Gasteiger partial charge in [0, 0.05) is 36.8 Å². The molecule has 2 aliphatic rings. The highest BCUT2D eigenvalue weighted by Crippen LogP contribution is 2.26. The van der Waals surface area contributed by atoms with Crippen LogP contribution in [0.5, 0.6) is 0 Å². The predicted octanol–water partition coefficient (Wildman–Crippen LogP) is 2.09. The van der Waals surface area contributed by atoms with Gasteiger partial charge in [-0.25, -0.2) is 8.42 Å². The van der Waals surface area contributed by atoms with Gasteiger partial charge >= 0.3 is 0 Å². The second kappa shape index (κ2) is 8.98. The predicted molar refractivity (Wildman–Crippen MR) is 118 cm³/mol. The van der Waals surface area contributed by atoms with E-state index >= 15 is 0 Å². The summed E-state index contributed by atoms with van der Waals surface area (Å²) in [7, 11) is -3.59. The SMILES string of the molecule is O=C(NCC(=O)N1CCN(S(=O)(=O)c2ccc3c(c2)CCC3)CC1)c1cccc(Cl)c1. The summed E-state index contributed by atoms with van der Waals surface area (Å²) in [5.74, 6) is -0.626. The molecular weight excluding hydrogens is 438 g/mol. The van der Waals surface area contributed by atoms with Crippen molar-refractivity contribution < 1.29 is 18.0 Å². The number of carbonyl (C=O) groups excluding carboxylic acids is 2. The molecule has 0 aromatic heterocycles. The number of hydrogen-bond donors (Lipinski definition) is 1. The third-order valence-electron chi connectivity index (χ3n) is 5.79. The Morgan fingerprint density at radius 1 is 0.968 bits per heavy atom. The number of piperazine rings is 1. The number of amides is 2. The lowest BCUT2D eigenvalue weighted by molar-refractivity contribution is -0.131. The minimum atomic E-state index is -3.59. The maximum Gasteiger partial charge on any atom is 0.251 e. The third-order valence-corrected chi connectivity index (χ3v) is 7.92. The molecule has 0 spiro atoms. The van der Waals surface area contributed by atoms with Crippen molar-refractivity contribution in [3.63, 3.8) is 0 Å². The van der Waals surface area contributed by atoms with Crippen LogP contribution >= 0.6 is 11.6 Å². The van der Waals surface area contributed by atoms with Crippen LogP contribution in [0.1, 0.15) is 27.9 Å². The normalized spacial score (nSPS) is 16.7. The lowest BCUT2D eigenvalue weighted by atomic mass is 10.1. The highest BCUT2D eigenvalue weighted by atomic mass is 35.5. The van der Waals surface area contributed by atoms with Crippen LogP contribution in [-0.4, -0.2) is 62.2 Å². The van der Waals surface area contributed by atoms with Gasteiger partial charge in [-0.05, 0) is 60.7 Å². The van der Waals surface area contributed by atoms with E-state index in [0.29, 0.717) is 15.5 Å². The Labute approximate surface area is 187 Å². The monoisotopic (exact) mass is 461 g/mol. The topological polar surface area (TPSA) is 86.8 Å². The summed E-state index contributed by atoms with van der Waals surface area (Å²) >= 11 is 5.89. The average molecular weight is 462 g/mol. The third kappa shape index (κ3) is 4.76. The van der Waals surface area contributed by atoms with Crippen molar-refractivity contribution in [3.8, 4) is 0 Å². The lowest BCUT2D eigenvalue weighted by Gasteiger charge is -2.34. The minimum Gasteiger partial charge on any atom is -0.343 e. The van der Waals surface area contributed by atoms with Gasteiger partial charge in [0.2, 0.25) is 15.9 Å². The minimum absolute atomic E-state index is 0.150. The molecule has 164 valence electrons. The number of nitrogens with one attached hydrogen (secondary N) is 1. The van der Waals surface area contributed by atoms with E-state index in [4.69, 9.17) is 11.6 Å². The Hall–Kier alpha value is -2.42. The molecule has 0 bridgehead atoms. The van der Waals surface area contributed by atoms with Crippen molar-refractivity contribution in [1.82, 2.24) is 14.5 Å². The standard InChI is InChI=1S/C22H24ClN3O4S/c23-19-6-2-5-18(13-19)22(28)24-15-21(27)25-9-11-26(12-10-25)31(29,30)20-8-7-16-3-1-4-17(16)14-20/h2,5-8,13-14H,1,3-4,9-12,15H2,(H,24,28). The largest absolute Gasteiger partial charge is 0.343 e. The lowest BCUT2D eigenvalue weighted by Crippen LogP contribution is -2.52. The second-order valence-corrected chi connectivity index (χ2v) is 10.1. The Kier molecular flexibility index (Phi) is 6.31. The van der Waals surface area contributed by atoms with E-state index in [9.17, 15) is 18.0 Å². The number of aryl methyl sites for hydroxylation is 2. The molecule has 2 aromatic carbocycles. The van der Waals surface area contributed by atoms with Crippen LogP contribution in [0.3, 0.4) is 0 Å². The van der Waals surface area contributed by atoms with E-state index in [1.807, 2.05) is 6.07 Å². The number of halogens is 1. The maximum atomic E-state index is 13.0. The number of fused-ring (bicyclic) bond motifs is 1. The Morgan fingerprint density at radius 3 is 2.45 bits per heavy atom. The molecule has 31 heavy (non-hydrogen) atoms. The first-order valence-electron chi connectivity index (χ1n) is 10.3. The van der Waals surface area contributed by atoms with Crippen molar-refractivity contribution in [2.45, 2.75) is 24.2 Å². The molecule has 1 saturated heterocycles. The molecule has 7 nitrogen and oxygen atoms in total. The van der Waals surface area contributed by atoms with Crippen LogP contribution in [0, 0.1) is 0 Å². The van der Waals surface area contributed by atoms with Crippen LogP contribution in [0.4, 0.5) is 0 Å². The molecule has 9 heteroatoms. The summed E-state index contributed by atoms with van der Waals surface area (Å²) in [5, 5.41) is 3.04. The first-order chi connectivity index (χ1) is 14.8. The molecule has 1 aliphatic heterocycles. The Bertz CT molecular complexity index is 1110. The van der Waals surface area contributed by atoms with Crippen LogP contribution in [0.15, 0.2) is 47.4 Å². The van der Waals surface area contributed by atoms with Gasteiger partial charge in [0.25, 0.3) is 5.91 Å². The van der Waals surface area contributed by atoms with Gasteiger partial charge in [-0.15, -0.1) is 0 Å². The van der Waals surface area contributed by atoms with E-state index in [-0.39, 0.29) is 44.5 Å². The molecule has 0 saturated carbocycles. The van der Waals surface area contributed by atoms with Gasteiger partial charge in [-0.1, -0.05) is 23.7 Å². The molecule has 1 heterocycles. The Morgan fingerprint density at radius 2 is 1.71 bits per heavy atom. The van der Waals surface area contributed by atoms with Crippen molar-refractivity contribution in [3.05, 3.63) is 64.2 Å². The van der Waals surface area contributed by atoms with Crippen molar-refractivity contribution >= 4 is 33.4 Å². The van der Waals surface area contributed by atoms with Crippen molar-refractivity contribution in [1.29, 1.82) is 0 Å². The molecule has 0 unspecified atom stereocenters. The first-order valence-corrected chi connectivity index (χ1v) is 12.1. The molecule has 2 aromatic rings. The quantitative estimate of drug-likeness (QED) is 0.738. The zero-order chi connectivity index (χ0) is 22.0. The number of hydrogen-bond acceptors (Lipinski definition) is 4. The summed E-state index contributed by atoms with van der Waals surface area (Å²) in [5.41, 5.74) is 2.73. The molecule has 1 fully saturated rings. The average Bonchev–Trinajstić information content (AvgIpc) is 3.25. The van der Waals surface area contributed by atoms with Crippen LogP contribution in [-0.2, 0) is 27.7 Å². The molecule has 2 amide bonds. The second-order valence-electron chi connectivity index (χ2n) is 7.76. The number of nitrogens with zero attached hydrogens (tertiary/aromatic N) is 2. The maximum absolute atomic E-state index is 13.0. The number of carbonyl (C=O) groups is 2. The fourth-order valence-electron chi connectivity index (χ4n) is 4.04. The molecule has 0 atom stereocenters. The van der Waals surface area contributed by atoms with Crippen LogP contribution < -0.4 is 5.32 Å². The number of benzene rings is 2. The van der Waals surface area contributed by atoms with Gasteiger partial charge in [0.05, 0.1) is 11.4 Å². The fraction of sp³-hybridized carbons (Fsp3) is 0.364. The van der Waals surface area contributed by atoms with Crippen LogP contribution in [0.25, 0.3) is 0 Å². The van der Waals surface area contributed by atoms with E-state index in [2.05, 4.69) is 5.32 Å². The van der Waals surface area contributed by atoms with Gasteiger partial charge in [-0.2, -0.15) is 4.31 Å². The molecule has 1 N–H and O–H groups in total. The summed E-state index contributed by atoms with van der Waals surface area (Å²) in [6, 6.07) is 11.9. The molecule has 0 radical (unpaired) electrons. The molecular formula is C22H24ClN3O4S. The smallest absolute Gasteiger partial charge is 0.251 e. The summed E-state index contributed by atoms with van der Waals surface area (Å²) in [6.45, 7) is 0.885. The van der Waals surface area contributed by atoms with Crippen molar-refractivity contribution in [2.24, 2.45) is 0 Å². The summed E-state index contributed by atoms with van der Waals surface area (Å²) < 4.78 is 27.5. The van der Waals surface area contributed by atoms with Crippen molar-refractivity contribution in [2.75, 3.05) is 32.7 Å². The number of sulfonamides is 1. The highest BCUT2D eigenvalue weighted by molar-refractivity contribution is 7.89. The highest BCUT2D eigenvalue weighted by Gasteiger charge is 2.30. The number of rotatable bonds is 5. The van der Waals surface area contributed by atoms with E-state index < -0.39 is 10.0 Å². The fourth-order valence-corrected chi connectivity index (χ4v) is 5.70. The zero-order valence-corrected chi connectivity index (χ0v) is 18.6. The molecule has 4 rings (SSSR count). The van der Waals surface area contributed by atoms with Gasteiger partial charge < -0.3 is 10.2 Å². The zero-order valence-electron chi connectivity index (χ0n) is 17.0. The van der Waals surface area contributed by atoms with Crippen LogP contribution in [0.2, 0.25) is 5.02 Å². The summed E-state index contributed by atoms with van der Waals surface area (Å²) in [6.07, 6.45) is 2.99. The van der Waals surface area contributed by atoms with Gasteiger partial charge in [0.1, 0.15) is 0 Å². The van der Waals surface area contributed by atoms with E-state index in [0.717, 1.165) is 24.8 Å². The van der Waals surface area contributed by atoms with E-state index in [1.165, 1.54) is 15.9 Å². The van der Waals surface area contributed by atoms with E-state index in [1.54, 1.807) is 35.2 Å². The first kappa shape index (κ1) is 21.8. The Balaban J connectivity index is 1.31. The van der Waals surface area contributed by atoms with Gasteiger partial charge in [0.15, 0.2) is 0 Å². The summed E-state index contributed by atoms with van der Waals surface area (Å²) in [4.78, 5) is 26.5.